The minimum atomic E-state index is -2.78. The Labute approximate surface area is 151 Å². The average Bonchev–Trinajstić information content (AvgIpc) is 2.95. The molecule has 25 heavy (non-hydrogen) atoms. The molecule has 0 bridgehead atoms. The van der Waals surface area contributed by atoms with Crippen LogP contribution in [0, 0.1) is 0 Å². The summed E-state index contributed by atoms with van der Waals surface area (Å²) in [6, 6.07) is 7.03. The molecule has 0 aliphatic carbocycles. The highest BCUT2D eigenvalue weighted by Gasteiger charge is 2.42. The first-order valence-corrected chi connectivity index (χ1v) is 8.92. The van der Waals surface area contributed by atoms with Gasteiger partial charge in [-0.1, -0.05) is 17.7 Å². The van der Waals surface area contributed by atoms with Crippen LogP contribution in [0.2, 0.25) is 5.02 Å². The highest BCUT2D eigenvalue weighted by atomic mass is 35.5. The Morgan fingerprint density at radius 2 is 2.08 bits per heavy atom. The first-order chi connectivity index (χ1) is 11.9. The van der Waals surface area contributed by atoms with Gasteiger partial charge in [-0.25, -0.2) is 8.78 Å². The molecule has 2 aliphatic heterocycles. The van der Waals surface area contributed by atoms with Crippen LogP contribution in [0.15, 0.2) is 24.3 Å². The van der Waals surface area contributed by atoms with Gasteiger partial charge in [0.2, 0.25) is 5.91 Å². The number of amides is 1. The van der Waals surface area contributed by atoms with E-state index in [0.717, 1.165) is 43.4 Å². The predicted octanol–water partition coefficient (Wildman–Crippen LogP) is 1.58. The second kappa shape index (κ2) is 7.85. The Morgan fingerprint density at radius 1 is 1.32 bits per heavy atom. The zero-order valence-electron chi connectivity index (χ0n) is 14.0. The van der Waals surface area contributed by atoms with Gasteiger partial charge in [0.05, 0.1) is 12.6 Å². The van der Waals surface area contributed by atoms with E-state index in [1.54, 1.807) is 0 Å². The van der Waals surface area contributed by atoms with Crippen molar-refractivity contribution in [2.45, 2.75) is 18.4 Å². The number of rotatable bonds is 5. The second-order valence-electron chi connectivity index (χ2n) is 6.59. The molecule has 8 heteroatoms. The molecule has 2 aliphatic rings. The molecule has 1 aromatic rings. The van der Waals surface area contributed by atoms with E-state index >= 15 is 0 Å². The minimum absolute atomic E-state index is 0.338. The topological polar surface area (TPSA) is 47.6 Å². The molecular formula is C17H23ClF2N4O. The van der Waals surface area contributed by atoms with Gasteiger partial charge < -0.3 is 10.2 Å². The largest absolute Gasteiger partial charge is 0.369 e. The number of anilines is 1. The van der Waals surface area contributed by atoms with Crippen LogP contribution in [0.25, 0.3) is 0 Å². The molecule has 0 spiro atoms. The average molecular weight is 373 g/mol. The van der Waals surface area contributed by atoms with Crippen molar-refractivity contribution in [2.75, 3.05) is 50.7 Å². The molecule has 2 fully saturated rings. The quantitative estimate of drug-likeness (QED) is 0.824. The van der Waals surface area contributed by atoms with Crippen LogP contribution in [0.5, 0.6) is 0 Å². The summed E-state index contributed by atoms with van der Waals surface area (Å²) >= 11 is 6.03. The standard InChI is InChI=1S/C17H23ClF2N4O/c18-13-2-1-3-14(10-13)24-8-6-23(7-9-24)5-4-21-16(25)15-11-17(19,20)12-22-15/h1-3,10,15,22H,4-9,11-12H2,(H,21,25). The normalized spacial score (nSPS) is 23.6. The van der Waals surface area contributed by atoms with Gasteiger partial charge in [0.1, 0.15) is 0 Å². The van der Waals surface area contributed by atoms with Gasteiger partial charge in [0, 0.05) is 56.4 Å². The summed E-state index contributed by atoms with van der Waals surface area (Å²) in [7, 11) is 0. The summed E-state index contributed by atoms with van der Waals surface area (Å²) < 4.78 is 26.2. The molecule has 2 saturated heterocycles. The fraction of sp³-hybridized carbons (Fsp3) is 0.588. The second-order valence-corrected chi connectivity index (χ2v) is 7.03. The number of benzene rings is 1. The molecule has 0 saturated carbocycles. The lowest BCUT2D eigenvalue weighted by atomic mass is 10.2. The molecule has 0 aromatic heterocycles. The molecule has 2 N–H and O–H groups in total. The Kier molecular flexibility index (Phi) is 5.76. The van der Waals surface area contributed by atoms with E-state index in [0.29, 0.717) is 6.54 Å². The van der Waals surface area contributed by atoms with Crippen molar-refractivity contribution in [2.24, 2.45) is 0 Å². The van der Waals surface area contributed by atoms with Gasteiger partial charge >= 0.3 is 0 Å². The van der Waals surface area contributed by atoms with Crippen molar-refractivity contribution in [3.8, 4) is 0 Å². The molecule has 1 atom stereocenters. The Hall–Kier alpha value is -1.44. The molecule has 1 aromatic carbocycles. The maximum Gasteiger partial charge on any atom is 0.262 e. The summed E-state index contributed by atoms with van der Waals surface area (Å²) in [5.41, 5.74) is 1.12. The molecule has 5 nitrogen and oxygen atoms in total. The monoisotopic (exact) mass is 372 g/mol. The van der Waals surface area contributed by atoms with E-state index in [-0.39, 0.29) is 5.91 Å². The first kappa shape index (κ1) is 18.4. The van der Waals surface area contributed by atoms with E-state index in [1.807, 2.05) is 24.3 Å². The van der Waals surface area contributed by atoms with Crippen molar-refractivity contribution in [3.05, 3.63) is 29.3 Å². The summed E-state index contributed by atoms with van der Waals surface area (Å²) in [6.07, 6.45) is -0.420. The number of hydrogen-bond donors (Lipinski definition) is 2. The van der Waals surface area contributed by atoms with Gasteiger partial charge in [0.25, 0.3) is 5.92 Å². The van der Waals surface area contributed by atoms with Gasteiger partial charge in [-0.3, -0.25) is 15.0 Å². The molecular weight excluding hydrogens is 350 g/mol. The van der Waals surface area contributed by atoms with Crippen molar-refractivity contribution in [3.63, 3.8) is 0 Å². The Balaban J connectivity index is 1.36. The van der Waals surface area contributed by atoms with E-state index in [2.05, 4.69) is 20.4 Å². The Morgan fingerprint density at radius 3 is 2.72 bits per heavy atom. The van der Waals surface area contributed by atoms with E-state index in [9.17, 15) is 13.6 Å². The molecule has 2 heterocycles. The maximum absolute atomic E-state index is 13.1. The SMILES string of the molecule is O=C(NCCN1CCN(c2cccc(Cl)c2)CC1)C1CC(F)(F)CN1. The molecule has 1 amide bonds. The van der Waals surface area contributed by atoms with Crippen molar-refractivity contribution in [1.29, 1.82) is 0 Å². The third kappa shape index (κ3) is 5.03. The van der Waals surface area contributed by atoms with Gasteiger partial charge in [-0.05, 0) is 18.2 Å². The zero-order chi connectivity index (χ0) is 17.9. The predicted molar refractivity (Wildman–Crippen MR) is 94.5 cm³/mol. The van der Waals surface area contributed by atoms with Crippen LogP contribution < -0.4 is 15.5 Å². The number of alkyl halides is 2. The fourth-order valence-electron chi connectivity index (χ4n) is 3.26. The number of piperazine rings is 1. The summed E-state index contributed by atoms with van der Waals surface area (Å²) in [4.78, 5) is 16.4. The van der Waals surface area contributed by atoms with Crippen LogP contribution in [-0.4, -0.2) is 68.6 Å². The molecule has 138 valence electrons. The lowest BCUT2D eigenvalue weighted by Crippen LogP contribution is -2.49. The molecule has 1 unspecified atom stereocenters. The van der Waals surface area contributed by atoms with Crippen LogP contribution in [0.1, 0.15) is 6.42 Å². The van der Waals surface area contributed by atoms with E-state index in [4.69, 9.17) is 11.6 Å². The van der Waals surface area contributed by atoms with Crippen LogP contribution in [0.3, 0.4) is 0 Å². The van der Waals surface area contributed by atoms with Crippen molar-refractivity contribution in [1.82, 2.24) is 15.5 Å². The number of nitrogens with one attached hydrogen (secondary N) is 2. The molecule has 3 rings (SSSR count). The lowest BCUT2D eigenvalue weighted by molar-refractivity contribution is -0.123. The highest BCUT2D eigenvalue weighted by molar-refractivity contribution is 6.30. The minimum Gasteiger partial charge on any atom is -0.369 e. The molecule has 0 radical (unpaired) electrons. The number of nitrogens with zero attached hydrogens (tertiary/aromatic N) is 2. The van der Waals surface area contributed by atoms with Crippen LogP contribution in [0.4, 0.5) is 14.5 Å². The number of halogens is 3. The summed E-state index contributed by atoms with van der Waals surface area (Å²) in [6.45, 7) is 4.34. The van der Waals surface area contributed by atoms with Gasteiger partial charge in [0.15, 0.2) is 0 Å². The van der Waals surface area contributed by atoms with Crippen LogP contribution >= 0.6 is 11.6 Å². The lowest BCUT2D eigenvalue weighted by Gasteiger charge is -2.36. The van der Waals surface area contributed by atoms with Crippen molar-refractivity contribution < 1.29 is 13.6 Å². The summed E-state index contributed by atoms with van der Waals surface area (Å²) in [5, 5.41) is 6.05. The zero-order valence-corrected chi connectivity index (χ0v) is 14.7. The first-order valence-electron chi connectivity index (χ1n) is 8.55. The van der Waals surface area contributed by atoms with Crippen LogP contribution in [-0.2, 0) is 4.79 Å². The fourth-order valence-corrected chi connectivity index (χ4v) is 3.45. The third-order valence-corrected chi connectivity index (χ3v) is 4.93. The number of hydrogen-bond acceptors (Lipinski definition) is 4. The summed E-state index contributed by atoms with van der Waals surface area (Å²) in [5.74, 6) is -3.12. The smallest absolute Gasteiger partial charge is 0.262 e. The Bertz CT molecular complexity index is 608. The van der Waals surface area contributed by atoms with Gasteiger partial charge in [-0.2, -0.15) is 0 Å². The number of carbonyl (C=O) groups excluding carboxylic acids is 1. The number of carbonyl (C=O) groups is 1. The van der Waals surface area contributed by atoms with Crippen molar-refractivity contribution >= 4 is 23.2 Å². The third-order valence-electron chi connectivity index (χ3n) is 4.70. The van der Waals surface area contributed by atoms with Gasteiger partial charge in [-0.15, -0.1) is 0 Å². The maximum atomic E-state index is 13.1. The highest BCUT2D eigenvalue weighted by Crippen LogP contribution is 2.25. The van der Waals surface area contributed by atoms with E-state index < -0.39 is 24.9 Å². The van der Waals surface area contributed by atoms with E-state index in [1.165, 1.54) is 0 Å².